The fraction of sp³-hybridized carbons (Fsp3) is 0.389. The van der Waals surface area contributed by atoms with Gasteiger partial charge in [-0.25, -0.2) is 9.80 Å². The number of imide groups is 2. The van der Waals surface area contributed by atoms with E-state index >= 15 is 0 Å². The average Bonchev–Trinajstić information content (AvgIpc) is 3.58. The normalized spacial score (nSPS) is 24.7. The van der Waals surface area contributed by atoms with Gasteiger partial charge in [0.1, 0.15) is 17.0 Å². The lowest BCUT2D eigenvalue weighted by molar-refractivity contribution is -0.135. The van der Waals surface area contributed by atoms with Crippen molar-refractivity contribution in [1.82, 2.24) is 4.90 Å². The first-order chi connectivity index (χ1) is 21.7. The maximum absolute atomic E-state index is 14.9. The standard InChI is InChI=1S/C36H39N3O6/c1-6-7-8-19-37-32(27-18-17-26(44-4)20-28(27)45-5)30-31(34(42)39(33(30)41)25-15-11-23(3)12-16-25)36(37)21-29(40)38(35(36)43)24-13-9-22(2)10-14-24/h9-18,20,30-32H,6-8,19,21H2,1-5H3/t30-,31+,32-,36-/m1/s1. The monoisotopic (exact) mass is 609 g/mol. The Hall–Kier alpha value is -4.50. The number of aryl methyl sites for hydroxylation is 2. The summed E-state index contributed by atoms with van der Waals surface area (Å²) in [5.41, 5.74) is 2.00. The molecule has 1 spiro atoms. The summed E-state index contributed by atoms with van der Waals surface area (Å²) in [5, 5.41) is 0. The number of ether oxygens (including phenoxy) is 2. The fourth-order valence-corrected chi connectivity index (χ4v) is 7.49. The molecule has 0 N–H and O–H groups in total. The van der Waals surface area contributed by atoms with Crippen LogP contribution in [0.5, 0.6) is 11.5 Å². The molecular formula is C36H39N3O6. The fourth-order valence-electron chi connectivity index (χ4n) is 7.49. The molecule has 234 valence electrons. The van der Waals surface area contributed by atoms with Crippen molar-refractivity contribution in [3.8, 4) is 11.5 Å². The van der Waals surface area contributed by atoms with E-state index < -0.39 is 35.2 Å². The summed E-state index contributed by atoms with van der Waals surface area (Å²) < 4.78 is 11.3. The molecule has 0 unspecified atom stereocenters. The highest BCUT2D eigenvalue weighted by atomic mass is 16.5. The smallest absolute Gasteiger partial charge is 0.255 e. The van der Waals surface area contributed by atoms with Gasteiger partial charge in [-0.3, -0.25) is 24.1 Å². The molecular weight excluding hydrogens is 570 g/mol. The molecule has 3 aliphatic rings. The Labute approximate surface area is 263 Å². The average molecular weight is 610 g/mol. The van der Waals surface area contributed by atoms with Crippen molar-refractivity contribution in [3.05, 3.63) is 83.4 Å². The van der Waals surface area contributed by atoms with E-state index in [1.54, 1.807) is 50.6 Å². The van der Waals surface area contributed by atoms with E-state index in [0.29, 0.717) is 35.0 Å². The maximum atomic E-state index is 14.9. The Morgan fingerprint density at radius 2 is 1.40 bits per heavy atom. The first-order valence-corrected chi connectivity index (χ1v) is 15.5. The number of anilines is 2. The largest absolute Gasteiger partial charge is 0.497 e. The van der Waals surface area contributed by atoms with Gasteiger partial charge in [-0.05, 0) is 57.1 Å². The molecule has 3 heterocycles. The van der Waals surface area contributed by atoms with Gasteiger partial charge in [0.15, 0.2) is 0 Å². The second kappa shape index (κ2) is 11.8. The number of hydrogen-bond donors (Lipinski definition) is 0. The molecule has 0 aliphatic carbocycles. The van der Waals surface area contributed by atoms with Crippen LogP contribution in [0.25, 0.3) is 0 Å². The second-order valence-corrected chi connectivity index (χ2v) is 12.3. The van der Waals surface area contributed by atoms with Crippen molar-refractivity contribution in [1.29, 1.82) is 0 Å². The minimum Gasteiger partial charge on any atom is -0.497 e. The molecule has 0 aromatic heterocycles. The molecule has 45 heavy (non-hydrogen) atoms. The molecule has 3 fully saturated rings. The van der Waals surface area contributed by atoms with E-state index in [2.05, 4.69) is 6.92 Å². The van der Waals surface area contributed by atoms with Crippen molar-refractivity contribution >= 4 is 35.0 Å². The molecule has 3 aromatic rings. The summed E-state index contributed by atoms with van der Waals surface area (Å²) in [4.78, 5) is 62.5. The van der Waals surface area contributed by atoms with Crippen LogP contribution in [0.3, 0.4) is 0 Å². The summed E-state index contributed by atoms with van der Waals surface area (Å²) >= 11 is 0. The van der Waals surface area contributed by atoms with Gasteiger partial charge in [-0.1, -0.05) is 61.2 Å². The number of carbonyl (C=O) groups excluding carboxylic acids is 4. The van der Waals surface area contributed by atoms with Gasteiger partial charge in [0.25, 0.3) is 5.91 Å². The van der Waals surface area contributed by atoms with Gasteiger partial charge in [0.2, 0.25) is 17.7 Å². The van der Waals surface area contributed by atoms with Crippen molar-refractivity contribution in [2.45, 2.75) is 58.0 Å². The summed E-state index contributed by atoms with van der Waals surface area (Å²) in [6.45, 7) is 6.38. The molecule has 4 amide bonds. The Morgan fingerprint density at radius 3 is 1.98 bits per heavy atom. The molecule has 9 nitrogen and oxygen atoms in total. The lowest BCUT2D eigenvalue weighted by atomic mass is 9.78. The maximum Gasteiger partial charge on any atom is 0.255 e. The van der Waals surface area contributed by atoms with Crippen LogP contribution in [0, 0.1) is 25.7 Å². The van der Waals surface area contributed by atoms with E-state index in [1.807, 2.05) is 49.1 Å². The third kappa shape index (κ3) is 4.72. The van der Waals surface area contributed by atoms with Crippen LogP contribution < -0.4 is 19.3 Å². The van der Waals surface area contributed by atoms with Gasteiger partial charge in [0.05, 0.1) is 49.9 Å². The summed E-state index contributed by atoms with van der Waals surface area (Å²) in [5.74, 6) is -2.64. The number of hydrogen-bond acceptors (Lipinski definition) is 7. The van der Waals surface area contributed by atoms with Crippen LogP contribution in [-0.4, -0.2) is 54.8 Å². The Kier molecular flexibility index (Phi) is 7.99. The van der Waals surface area contributed by atoms with Crippen LogP contribution in [0.15, 0.2) is 66.7 Å². The second-order valence-electron chi connectivity index (χ2n) is 12.3. The van der Waals surface area contributed by atoms with Gasteiger partial charge in [0, 0.05) is 11.6 Å². The number of methoxy groups -OCH3 is 2. The lowest BCUT2D eigenvalue weighted by Crippen LogP contribution is -2.57. The van der Waals surface area contributed by atoms with E-state index in [0.717, 1.165) is 30.4 Å². The first kappa shape index (κ1) is 30.5. The summed E-state index contributed by atoms with van der Waals surface area (Å²) in [7, 11) is 3.11. The first-order valence-electron chi connectivity index (χ1n) is 15.5. The Bertz CT molecular complexity index is 1650. The summed E-state index contributed by atoms with van der Waals surface area (Å²) in [6, 6.07) is 19.1. The molecule has 0 saturated carbocycles. The number of nitrogens with zero attached hydrogens (tertiary/aromatic N) is 3. The van der Waals surface area contributed by atoms with Gasteiger partial charge in [-0.2, -0.15) is 0 Å². The predicted octanol–water partition coefficient (Wildman–Crippen LogP) is 5.38. The van der Waals surface area contributed by atoms with Crippen molar-refractivity contribution < 1.29 is 28.7 Å². The number of rotatable bonds is 9. The number of carbonyl (C=O) groups is 4. The number of likely N-dealkylation sites (tertiary alicyclic amines) is 1. The van der Waals surface area contributed by atoms with Crippen LogP contribution in [0.1, 0.15) is 55.3 Å². The van der Waals surface area contributed by atoms with Gasteiger partial charge >= 0.3 is 0 Å². The highest BCUT2D eigenvalue weighted by Crippen LogP contribution is 2.60. The number of unbranched alkanes of at least 4 members (excludes halogenated alkanes) is 2. The van der Waals surface area contributed by atoms with Crippen molar-refractivity contribution in [3.63, 3.8) is 0 Å². The Morgan fingerprint density at radius 1 is 0.778 bits per heavy atom. The zero-order chi connectivity index (χ0) is 32.0. The molecule has 0 radical (unpaired) electrons. The van der Waals surface area contributed by atoms with Crippen LogP contribution in [-0.2, 0) is 19.2 Å². The predicted molar refractivity (Wildman–Crippen MR) is 170 cm³/mol. The third-order valence-corrected chi connectivity index (χ3v) is 9.64. The molecule has 0 bridgehead atoms. The van der Waals surface area contributed by atoms with Crippen molar-refractivity contribution in [2.24, 2.45) is 11.8 Å². The zero-order valence-electron chi connectivity index (χ0n) is 26.4. The van der Waals surface area contributed by atoms with Gasteiger partial charge < -0.3 is 9.47 Å². The molecule has 3 aromatic carbocycles. The number of fused-ring (bicyclic) bond motifs is 2. The van der Waals surface area contributed by atoms with Crippen molar-refractivity contribution in [2.75, 3.05) is 30.6 Å². The molecule has 3 saturated heterocycles. The SMILES string of the molecule is CCCCCN1[C@H](c2ccc(OC)cc2OC)[C@@H]2C(=O)N(c3ccc(C)cc3)C(=O)[C@H]2[C@@]12CC(=O)N(c1ccc(C)cc1)C2=O. The highest BCUT2D eigenvalue weighted by Gasteiger charge is 2.75. The molecule has 4 atom stereocenters. The highest BCUT2D eigenvalue weighted by molar-refractivity contribution is 6.30. The van der Waals surface area contributed by atoms with Crippen LogP contribution in [0.2, 0.25) is 0 Å². The quantitative estimate of drug-likeness (QED) is 0.238. The van der Waals surface area contributed by atoms with E-state index in [-0.39, 0.29) is 18.2 Å². The van der Waals surface area contributed by atoms with Gasteiger partial charge in [-0.15, -0.1) is 0 Å². The molecule has 6 rings (SSSR count). The Balaban J connectivity index is 1.57. The number of amides is 4. The molecule has 9 heteroatoms. The summed E-state index contributed by atoms with van der Waals surface area (Å²) in [6.07, 6.45) is 2.34. The molecule has 3 aliphatic heterocycles. The number of benzene rings is 3. The van der Waals surface area contributed by atoms with E-state index in [1.165, 1.54) is 9.80 Å². The minimum absolute atomic E-state index is 0.206. The van der Waals surface area contributed by atoms with Crippen LogP contribution >= 0.6 is 0 Å². The third-order valence-electron chi connectivity index (χ3n) is 9.64. The zero-order valence-corrected chi connectivity index (χ0v) is 26.4. The lowest BCUT2D eigenvalue weighted by Gasteiger charge is -2.39. The minimum atomic E-state index is -1.55. The van der Waals surface area contributed by atoms with E-state index in [9.17, 15) is 19.2 Å². The topological polar surface area (TPSA) is 96.5 Å². The van der Waals surface area contributed by atoms with Crippen LogP contribution in [0.4, 0.5) is 11.4 Å². The van der Waals surface area contributed by atoms with E-state index in [4.69, 9.17) is 9.47 Å².